The highest BCUT2D eigenvalue weighted by atomic mass is 32.2. The number of fused-ring (bicyclic) bond motifs is 1. The van der Waals surface area contributed by atoms with E-state index in [1.54, 1.807) is 18.2 Å². The van der Waals surface area contributed by atoms with Crippen molar-refractivity contribution in [1.82, 2.24) is 9.88 Å². The Hall–Kier alpha value is -3.23. The van der Waals surface area contributed by atoms with Gasteiger partial charge in [-0.25, -0.2) is 13.4 Å². The summed E-state index contributed by atoms with van der Waals surface area (Å²) >= 11 is 1.49. The van der Waals surface area contributed by atoms with Crippen LogP contribution < -0.4 is 4.90 Å². The molecule has 0 radical (unpaired) electrons. The molecule has 1 aromatic heterocycles. The van der Waals surface area contributed by atoms with Crippen molar-refractivity contribution in [2.24, 2.45) is 0 Å². The number of aromatic nitrogens is 1. The quantitative estimate of drug-likeness (QED) is 0.438. The number of carbonyl (C=O) groups is 1. The molecular formula is C25H23N3O3S2. The number of thiazole rings is 1. The first-order valence-corrected chi connectivity index (χ1v) is 13.4. The van der Waals surface area contributed by atoms with Crippen LogP contribution in [0.4, 0.5) is 5.13 Å². The standard InChI is InChI=1S/C25H23N3O3S2/c1-33(30,31)21-11-12-22-23(17-21)32-25(26-22)28-15-13-27(14-16-28)24(29)20-9-7-19(8-10-20)18-5-3-2-4-6-18/h2-12,17H,13-16H2,1H3. The maximum absolute atomic E-state index is 13.0. The van der Waals surface area contributed by atoms with Crippen molar-refractivity contribution in [3.63, 3.8) is 0 Å². The molecule has 0 aliphatic carbocycles. The second-order valence-electron chi connectivity index (χ2n) is 8.12. The number of amides is 1. The third-order valence-electron chi connectivity index (χ3n) is 5.85. The first-order chi connectivity index (χ1) is 15.9. The summed E-state index contributed by atoms with van der Waals surface area (Å²) in [6, 6.07) is 22.9. The highest BCUT2D eigenvalue weighted by molar-refractivity contribution is 7.90. The largest absolute Gasteiger partial charge is 0.345 e. The van der Waals surface area contributed by atoms with E-state index >= 15 is 0 Å². The summed E-state index contributed by atoms with van der Waals surface area (Å²) in [7, 11) is -3.25. The average Bonchev–Trinajstić information content (AvgIpc) is 3.27. The van der Waals surface area contributed by atoms with Gasteiger partial charge in [0.2, 0.25) is 0 Å². The lowest BCUT2D eigenvalue weighted by atomic mass is 10.0. The van der Waals surface area contributed by atoms with Gasteiger partial charge >= 0.3 is 0 Å². The van der Waals surface area contributed by atoms with E-state index in [0.29, 0.717) is 36.6 Å². The Labute approximate surface area is 197 Å². The Kier molecular flexibility index (Phi) is 5.64. The molecule has 1 saturated heterocycles. The molecule has 0 spiro atoms. The lowest BCUT2D eigenvalue weighted by Crippen LogP contribution is -2.48. The third-order valence-corrected chi connectivity index (χ3v) is 8.04. The molecule has 3 aromatic carbocycles. The molecule has 0 bridgehead atoms. The fourth-order valence-corrected chi connectivity index (χ4v) is 5.76. The van der Waals surface area contributed by atoms with Gasteiger partial charge in [0.15, 0.2) is 15.0 Å². The Bertz CT molecular complexity index is 1410. The Morgan fingerprint density at radius 3 is 2.21 bits per heavy atom. The highest BCUT2D eigenvalue weighted by Gasteiger charge is 2.24. The van der Waals surface area contributed by atoms with Gasteiger partial charge in [0, 0.05) is 38.0 Å². The van der Waals surface area contributed by atoms with Crippen molar-refractivity contribution < 1.29 is 13.2 Å². The van der Waals surface area contributed by atoms with Gasteiger partial charge in [-0.05, 0) is 41.5 Å². The van der Waals surface area contributed by atoms with E-state index in [0.717, 1.165) is 26.5 Å². The zero-order valence-electron chi connectivity index (χ0n) is 18.1. The smallest absolute Gasteiger partial charge is 0.253 e. The number of hydrogen-bond donors (Lipinski definition) is 0. The molecule has 0 saturated carbocycles. The number of hydrogen-bond acceptors (Lipinski definition) is 6. The van der Waals surface area contributed by atoms with E-state index < -0.39 is 9.84 Å². The lowest BCUT2D eigenvalue weighted by Gasteiger charge is -2.34. The summed E-state index contributed by atoms with van der Waals surface area (Å²) in [5, 5.41) is 0.856. The molecule has 2 heterocycles. The zero-order chi connectivity index (χ0) is 23.0. The minimum atomic E-state index is -3.25. The number of carbonyl (C=O) groups excluding carboxylic acids is 1. The lowest BCUT2D eigenvalue weighted by molar-refractivity contribution is 0.0747. The summed E-state index contributed by atoms with van der Waals surface area (Å²) in [5.74, 6) is 0.0383. The van der Waals surface area contributed by atoms with Gasteiger partial charge in [0.25, 0.3) is 5.91 Å². The molecule has 1 amide bonds. The first kappa shape index (κ1) is 21.6. The molecule has 0 unspecified atom stereocenters. The van der Waals surface area contributed by atoms with Crippen LogP contribution in [0.25, 0.3) is 21.3 Å². The van der Waals surface area contributed by atoms with Gasteiger partial charge in [-0.15, -0.1) is 0 Å². The molecular weight excluding hydrogens is 454 g/mol. The van der Waals surface area contributed by atoms with Crippen LogP contribution in [0.1, 0.15) is 10.4 Å². The second-order valence-corrected chi connectivity index (χ2v) is 11.1. The van der Waals surface area contributed by atoms with Gasteiger partial charge in [0.05, 0.1) is 15.1 Å². The second kappa shape index (κ2) is 8.61. The number of anilines is 1. The van der Waals surface area contributed by atoms with Crippen LogP contribution in [-0.4, -0.2) is 56.6 Å². The maximum atomic E-state index is 13.0. The van der Waals surface area contributed by atoms with Gasteiger partial charge in [-0.2, -0.15) is 0 Å². The molecule has 1 aliphatic rings. The van der Waals surface area contributed by atoms with Crippen LogP contribution in [0.15, 0.2) is 77.7 Å². The number of rotatable bonds is 4. The highest BCUT2D eigenvalue weighted by Crippen LogP contribution is 2.31. The maximum Gasteiger partial charge on any atom is 0.253 e. The van der Waals surface area contributed by atoms with E-state index in [-0.39, 0.29) is 5.91 Å². The molecule has 6 nitrogen and oxygen atoms in total. The van der Waals surface area contributed by atoms with E-state index in [4.69, 9.17) is 0 Å². The van der Waals surface area contributed by atoms with Crippen molar-refractivity contribution >= 4 is 42.4 Å². The monoisotopic (exact) mass is 477 g/mol. The van der Waals surface area contributed by atoms with Crippen LogP contribution >= 0.6 is 11.3 Å². The van der Waals surface area contributed by atoms with Crippen LogP contribution in [0.2, 0.25) is 0 Å². The van der Waals surface area contributed by atoms with E-state index in [1.807, 2.05) is 47.4 Å². The van der Waals surface area contributed by atoms with E-state index in [2.05, 4.69) is 22.0 Å². The summed E-state index contributed by atoms with van der Waals surface area (Å²) in [4.78, 5) is 22.0. The Balaban J connectivity index is 1.25. The molecule has 4 aromatic rings. The minimum absolute atomic E-state index is 0.0383. The number of benzene rings is 3. The van der Waals surface area contributed by atoms with Crippen molar-refractivity contribution in [3.05, 3.63) is 78.4 Å². The van der Waals surface area contributed by atoms with Crippen LogP contribution in [0, 0.1) is 0 Å². The predicted molar refractivity (Wildman–Crippen MR) is 133 cm³/mol. The van der Waals surface area contributed by atoms with Crippen molar-refractivity contribution in [1.29, 1.82) is 0 Å². The molecule has 168 valence electrons. The summed E-state index contributed by atoms with van der Waals surface area (Å²) in [6.07, 6.45) is 1.21. The predicted octanol–water partition coefficient (Wildman–Crippen LogP) is 4.33. The van der Waals surface area contributed by atoms with E-state index in [9.17, 15) is 13.2 Å². The average molecular weight is 478 g/mol. The fraction of sp³-hybridized carbons (Fsp3) is 0.200. The van der Waals surface area contributed by atoms with Crippen LogP contribution in [-0.2, 0) is 9.84 Å². The SMILES string of the molecule is CS(=O)(=O)c1ccc2nc(N3CCN(C(=O)c4ccc(-c5ccccc5)cc4)CC3)sc2c1. The van der Waals surface area contributed by atoms with Crippen molar-refractivity contribution in [2.45, 2.75) is 4.90 Å². The third kappa shape index (κ3) is 4.49. The minimum Gasteiger partial charge on any atom is -0.345 e. The fourth-order valence-electron chi connectivity index (χ4n) is 3.98. The summed E-state index contributed by atoms with van der Waals surface area (Å²) < 4.78 is 24.5. The van der Waals surface area contributed by atoms with Crippen molar-refractivity contribution in [3.8, 4) is 11.1 Å². The first-order valence-electron chi connectivity index (χ1n) is 10.7. The summed E-state index contributed by atoms with van der Waals surface area (Å²) in [5.41, 5.74) is 3.70. The zero-order valence-corrected chi connectivity index (χ0v) is 19.8. The Morgan fingerprint density at radius 1 is 0.879 bits per heavy atom. The normalized spacial score (nSPS) is 14.6. The van der Waals surface area contributed by atoms with Gasteiger partial charge in [0.1, 0.15) is 0 Å². The van der Waals surface area contributed by atoms with Crippen LogP contribution in [0.3, 0.4) is 0 Å². The number of nitrogens with zero attached hydrogens (tertiary/aromatic N) is 3. The number of piperazine rings is 1. The topological polar surface area (TPSA) is 70.6 Å². The van der Waals surface area contributed by atoms with Crippen molar-refractivity contribution in [2.75, 3.05) is 37.3 Å². The molecule has 0 N–H and O–H groups in total. The molecule has 1 fully saturated rings. The van der Waals surface area contributed by atoms with E-state index in [1.165, 1.54) is 17.6 Å². The number of sulfone groups is 1. The Morgan fingerprint density at radius 2 is 1.55 bits per heavy atom. The molecule has 33 heavy (non-hydrogen) atoms. The van der Waals surface area contributed by atoms with Gasteiger partial charge in [-0.3, -0.25) is 4.79 Å². The molecule has 1 aliphatic heterocycles. The molecule has 0 atom stereocenters. The molecule has 5 rings (SSSR count). The van der Waals surface area contributed by atoms with Gasteiger partial charge in [-0.1, -0.05) is 53.8 Å². The van der Waals surface area contributed by atoms with Gasteiger partial charge < -0.3 is 9.80 Å². The molecule has 8 heteroatoms. The summed E-state index contributed by atoms with van der Waals surface area (Å²) in [6.45, 7) is 2.60. The van der Waals surface area contributed by atoms with Crippen LogP contribution in [0.5, 0.6) is 0 Å².